The fourth-order valence-corrected chi connectivity index (χ4v) is 5.06. The van der Waals surface area contributed by atoms with E-state index in [0.29, 0.717) is 27.0 Å². The molecule has 160 valence electrons. The fourth-order valence-electron chi connectivity index (χ4n) is 3.65. The monoisotopic (exact) mass is 460 g/mol. The second-order valence-electron chi connectivity index (χ2n) is 8.09. The van der Waals surface area contributed by atoms with Crippen LogP contribution in [0.2, 0.25) is 5.02 Å². The normalized spacial score (nSPS) is 11.5. The van der Waals surface area contributed by atoms with Gasteiger partial charge in [0.1, 0.15) is 15.9 Å². The summed E-state index contributed by atoms with van der Waals surface area (Å²) in [6.45, 7) is 6.28. The molecule has 0 saturated heterocycles. The highest BCUT2D eigenvalue weighted by Gasteiger charge is 2.18. The molecule has 0 bridgehead atoms. The minimum absolute atomic E-state index is 0.227. The standard InChI is InChI=1S/C25H21ClN4OS/c1-14(2)16-8-10-17(11-9-16)30-28-20-12-15(3)19(13-21(20)29-30)27-25(31)24-23(26)18-6-4-5-7-22(18)32-24/h4-14H,1-3H3,(H,27,31). The van der Waals surface area contributed by atoms with Gasteiger partial charge < -0.3 is 5.32 Å². The summed E-state index contributed by atoms with van der Waals surface area (Å²) in [6.07, 6.45) is 0. The van der Waals surface area contributed by atoms with E-state index in [1.807, 2.05) is 55.5 Å². The molecule has 0 aliphatic carbocycles. The number of nitrogens with one attached hydrogen (secondary N) is 1. The third-order valence-corrected chi connectivity index (χ3v) is 7.18. The second-order valence-corrected chi connectivity index (χ2v) is 9.52. The van der Waals surface area contributed by atoms with Crippen molar-refractivity contribution < 1.29 is 4.79 Å². The van der Waals surface area contributed by atoms with E-state index in [2.05, 4.69) is 41.5 Å². The van der Waals surface area contributed by atoms with Crippen LogP contribution in [0.15, 0.2) is 60.7 Å². The third-order valence-electron chi connectivity index (χ3n) is 5.51. The zero-order valence-electron chi connectivity index (χ0n) is 17.9. The van der Waals surface area contributed by atoms with Gasteiger partial charge in [0, 0.05) is 15.8 Å². The van der Waals surface area contributed by atoms with Crippen molar-refractivity contribution >= 4 is 55.7 Å². The number of fused-ring (bicyclic) bond motifs is 2. The Morgan fingerprint density at radius 1 is 1.03 bits per heavy atom. The van der Waals surface area contributed by atoms with E-state index in [0.717, 1.165) is 26.9 Å². The first-order chi connectivity index (χ1) is 15.4. The van der Waals surface area contributed by atoms with Crippen LogP contribution in [-0.2, 0) is 0 Å². The minimum Gasteiger partial charge on any atom is -0.321 e. The Kier molecular flexibility index (Phi) is 5.19. The number of hydrogen-bond acceptors (Lipinski definition) is 4. The molecule has 0 radical (unpaired) electrons. The third kappa shape index (κ3) is 3.66. The van der Waals surface area contributed by atoms with E-state index in [4.69, 9.17) is 11.6 Å². The molecule has 0 aliphatic heterocycles. The summed E-state index contributed by atoms with van der Waals surface area (Å²) in [4.78, 5) is 15.1. The Hall–Kier alpha value is -3.22. The van der Waals surface area contributed by atoms with Gasteiger partial charge in [-0.3, -0.25) is 4.79 Å². The zero-order chi connectivity index (χ0) is 22.4. The van der Waals surface area contributed by atoms with Crippen molar-refractivity contribution in [2.75, 3.05) is 5.32 Å². The quantitative estimate of drug-likeness (QED) is 0.315. The number of thiophene rings is 1. The Balaban J connectivity index is 1.46. The van der Waals surface area contributed by atoms with E-state index in [-0.39, 0.29) is 5.91 Å². The average molecular weight is 461 g/mol. The predicted octanol–water partition coefficient (Wildman–Crippen LogP) is 6.97. The van der Waals surface area contributed by atoms with Gasteiger partial charge in [-0.1, -0.05) is 55.8 Å². The first-order valence-corrected chi connectivity index (χ1v) is 11.6. The number of aromatic nitrogens is 3. The van der Waals surface area contributed by atoms with E-state index in [1.165, 1.54) is 16.9 Å². The summed E-state index contributed by atoms with van der Waals surface area (Å²) < 4.78 is 0.987. The van der Waals surface area contributed by atoms with Gasteiger partial charge in [0.05, 0.1) is 10.7 Å². The smallest absolute Gasteiger partial charge is 0.267 e. The molecule has 5 nitrogen and oxygen atoms in total. The molecule has 1 amide bonds. The molecule has 0 atom stereocenters. The van der Waals surface area contributed by atoms with Crippen molar-refractivity contribution in [2.45, 2.75) is 26.7 Å². The first-order valence-electron chi connectivity index (χ1n) is 10.4. The molecule has 1 N–H and O–H groups in total. The maximum atomic E-state index is 13.0. The lowest BCUT2D eigenvalue weighted by Gasteiger charge is -2.07. The van der Waals surface area contributed by atoms with E-state index in [9.17, 15) is 4.79 Å². The molecular formula is C25H21ClN4OS. The summed E-state index contributed by atoms with van der Waals surface area (Å²) in [7, 11) is 0. The molecule has 7 heteroatoms. The van der Waals surface area contributed by atoms with Crippen LogP contribution >= 0.6 is 22.9 Å². The topological polar surface area (TPSA) is 59.8 Å². The van der Waals surface area contributed by atoms with Crippen molar-refractivity contribution in [3.05, 3.63) is 81.7 Å². The number of amides is 1. The molecule has 0 aliphatic rings. The minimum atomic E-state index is -0.227. The second kappa shape index (κ2) is 8.04. The number of hydrogen-bond donors (Lipinski definition) is 1. The Bertz CT molecular complexity index is 1470. The van der Waals surface area contributed by atoms with Gasteiger partial charge in [-0.15, -0.1) is 21.5 Å². The van der Waals surface area contributed by atoms with Gasteiger partial charge in [-0.2, -0.15) is 4.80 Å². The van der Waals surface area contributed by atoms with Crippen molar-refractivity contribution in [3.63, 3.8) is 0 Å². The highest BCUT2D eigenvalue weighted by molar-refractivity contribution is 7.21. The molecule has 5 aromatic rings. The number of anilines is 1. The molecule has 2 aromatic heterocycles. The van der Waals surface area contributed by atoms with Crippen LogP contribution in [0.25, 0.3) is 26.8 Å². The van der Waals surface area contributed by atoms with Crippen LogP contribution in [0, 0.1) is 6.92 Å². The number of benzene rings is 3. The van der Waals surface area contributed by atoms with Gasteiger partial charge in [0.25, 0.3) is 5.91 Å². The fraction of sp³-hybridized carbons (Fsp3) is 0.160. The SMILES string of the molecule is Cc1cc2nn(-c3ccc(C(C)C)cc3)nc2cc1NC(=O)c1sc2ccccc2c1Cl. The van der Waals surface area contributed by atoms with Crippen molar-refractivity contribution in [1.82, 2.24) is 15.0 Å². The molecule has 32 heavy (non-hydrogen) atoms. The lowest BCUT2D eigenvalue weighted by Crippen LogP contribution is -2.11. The molecule has 5 rings (SSSR count). The summed E-state index contributed by atoms with van der Waals surface area (Å²) in [5.41, 5.74) is 5.25. The largest absolute Gasteiger partial charge is 0.321 e. The molecular weight excluding hydrogens is 440 g/mol. The van der Waals surface area contributed by atoms with Gasteiger partial charge in [-0.25, -0.2) is 0 Å². The number of nitrogens with zero attached hydrogens (tertiary/aromatic N) is 3. The van der Waals surface area contributed by atoms with Crippen LogP contribution in [0.5, 0.6) is 0 Å². The predicted molar refractivity (Wildman–Crippen MR) is 132 cm³/mol. The molecule has 2 heterocycles. The lowest BCUT2D eigenvalue weighted by atomic mass is 10.0. The molecule has 3 aromatic carbocycles. The molecule has 0 unspecified atom stereocenters. The molecule has 0 spiro atoms. The molecule has 0 saturated carbocycles. The Morgan fingerprint density at radius 2 is 1.72 bits per heavy atom. The van der Waals surface area contributed by atoms with Crippen LogP contribution in [0.1, 0.15) is 40.6 Å². The van der Waals surface area contributed by atoms with Gasteiger partial charge in [0.15, 0.2) is 0 Å². The van der Waals surface area contributed by atoms with Crippen molar-refractivity contribution in [3.8, 4) is 5.69 Å². The Morgan fingerprint density at radius 3 is 2.41 bits per heavy atom. The number of aryl methyl sites for hydroxylation is 1. The molecule has 0 fully saturated rings. The van der Waals surface area contributed by atoms with E-state index in [1.54, 1.807) is 4.80 Å². The maximum Gasteiger partial charge on any atom is 0.267 e. The lowest BCUT2D eigenvalue weighted by molar-refractivity contribution is 0.103. The number of carbonyl (C=O) groups excluding carboxylic acids is 1. The summed E-state index contributed by atoms with van der Waals surface area (Å²) in [5.74, 6) is 0.243. The van der Waals surface area contributed by atoms with Gasteiger partial charge >= 0.3 is 0 Å². The van der Waals surface area contributed by atoms with E-state index >= 15 is 0 Å². The van der Waals surface area contributed by atoms with Gasteiger partial charge in [-0.05, 0) is 54.3 Å². The van der Waals surface area contributed by atoms with Crippen LogP contribution < -0.4 is 5.32 Å². The zero-order valence-corrected chi connectivity index (χ0v) is 19.5. The number of rotatable bonds is 4. The van der Waals surface area contributed by atoms with Crippen LogP contribution in [0.3, 0.4) is 0 Å². The Labute approximate surface area is 194 Å². The summed E-state index contributed by atoms with van der Waals surface area (Å²) in [6, 6.07) is 19.8. The highest BCUT2D eigenvalue weighted by Crippen LogP contribution is 2.36. The number of halogens is 1. The highest BCUT2D eigenvalue weighted by atomic mass is 35.5. The number of carbonyl (C=O) groups is 1. The summed E-state index contributed by atoms with van der Waals surface area (Å²) in [5, 5.41) is 13.6. The van der Waals surface area contributed by atoms with Crippen molar-refractivity contribution in [2.24, 2.45) is 0 Å². The van der Waals surface area contributed by atoms with E-state index < -0.39 is 0 Å². The maximum absolute atomic E-state index is 13.0. The summed E-state index contributed by atoms with van der Waals surface area (Å²) >= 11 is 7.87. The first kappa shape index (κ1) is 20.7. The average Bonchev–Trinajstić information content (AvgIpc) is 3.35. The van der Waals surface area contributed by atoms with Gasteiger partial charge in [0.2, 0.25) is 0 Å². The van der Waals surface area contributed by atoms with Crippen LogP contribution in [0.4, 0.5) is 5.69 Å². The van der Waals surface area contributed by atoms with Crippen LogP contribution in [-0.4, -0.2) is 20.9 Å². The van der Waals surface area contributed by atoms with Crippen molar-refractivity contribution in [1.29, 1.82) is 0 Å².